The van der Waals surface area contributed by atoms with E-state index in [9.17, 15) is 9.18 Å². The van der Waals surface area contributed by atoms with Crippen molar-refractivity contribution in [1.29, 1.82) is 0 Å². The molecule has 0 bridgehead atoms. The zero-order valence-electron chi connectivity index (χ0n) is 16.1. The number of halogens is 2. The Morgan fingerprint density at radius 2 is 2.00 bits per heavy atom. The molecular formula is C18H29FIN5O2. The summed E-state index contributed by atoms with van der Waals surface area (Å²) in [7, 11) is 3.40. The second-order valence-corrected chi connectivity index (χ2v) is 6.22. The highest BCUT2D eigenvalue weighted by Gasteiger charge is 2.15. The number of ether oxygens (including phenoxy) is 1. The minimum atomic E-state index is -0.250. The number of hydrogen-bond donors (Lipinski definition) is 2. The third kappa shape index (κ3) is 7.49. The van der Waals surface area contributed by atoms with Gasteiger partial charge < -0.3 is 25.2 Å². The van der Waals surface area contributed by atoms with Crippen LogP contribution in [0.2, 0.25) is 0 Å². The molecule has 1 aromatic rings. The minimum absolute atomic E-state index is 0. The number of amides is 1. The third-order valence-corrected chi connectivity index (χ3v) is 4.03. The molecule has 1 aromatic carbocycles. The van der Waals surface area contributed by atoms with E-state index >= 15 is 0 Å². The number of carbonyl (C=O) groups is 1. The molecule has 0 aliphatic carbocycles. The van der Waals surface area contributed by atoms with E-state index in [0.29, 0.717) is 51.0 Å². The lowest BCUT2D eigenvalue weighted by molar-refractivity contribution is -0.127. The molecule has 1 saturated heterocycles. The number of guanidine groups is 1. The fourth-order valence-corrected chi connectivity index (χ4v) is 2.54. The number of likely N-dealkylation sites (N-methyl/N-ethyl adjacent to an activating group) is 1. The van der Waals surface area contributed by atoms with Crippen LogP contribution < -0.4 is 15.5 Å². The zero-order chi connectivity index (χ0) is 18.9. The Bertz CT molecular complexity index is 636. The van der Waals surface area contributed by atoms with E-state index in [2.05, 4.69) is 15.6 Å². The largest absolute Gasteiger partial charge is 0.378 e. The van der Waals surface area contributed by atoms with Gasteiger partial charge in [0.15, 0.2) is 5.96 Å². The van der Waals surface area contributed by atoms with E-state index in [4.69, 9.17) is 4.74 Å². The summed E-state index contributed by atoms with van der Waals surface area (Å²) in [4.78, 5) is 19.6. The Hall–Kier alpha value is -1.62. The van der Waals surface area contributed by atoms with Gasteiger partial charge in [0.25, 0.3) is 0 Å². The number of anilines is 1. The van der Waals surface area contributed by atoms with E-state index < -0.39 is 0 Å². The lowest BCUT2D eigenvalue weighted by Gasteiger charge is -2.29. The number of aliphatic imine (C=N–C) groups is 1. The van der Waals surface area contributed by atoms with E-state index in [1.165, 1.54) is 11.0 Å². The predicted octanol–water partition coefficient (Wildman–Crippen LogP) is 1.42. The molecule has 0 atom stereocenters. The van der Waals surface area contributed by atoms with Gasteiger partial charge in [-0.2, -0.15) is 0 Å². The summed E-state index contributed by atoms with van der Waals surface area (Å²) in [5.41, 5.74) is 1.37. The average molecular weight is 493 g/mol. The van der Waals surface area contributed by atoms with Crippen LogP contribution in [0.15, 0.2) is 23.2 Å². The predicted molar refractivity (Wildman–Crippen MR) is 116 cm³/mol. The first kappa shape index (κ1) is 23.4. The first-order chi connectivity index (χ1) is 12.5. The maximum Gasteiger partial charge on any atom is 0.241 e. The highest BCUT2D eigenvalue weighted by atomic mass is 127. The van der Waals surface area contributed by atoms with Gasteiger partial charge in [0.1, 0.15) is 5.82 Å². The van der Waals surface area contributed by atoms with Crippen molar-refractivity contribution < 1.29 is 13.9 Å². The van der Waals surface area contributed by atoms with E-state index in [1.54, 1.807) is 20.2 Å². The van der Waals surface area contributed by atoms with Gasteiger partial charge >= 0.3 is 0 Å². The minimum Gasteiger partial charge on any atom is -0.378 e. The van der Waals surface area contributed by atoms with Gasteiger partial charge in [0.2, 0.25) is 5.91 Å². The highest BCUT2D eigenvalue weighted by molar-refractivity contribution is 14.0. The van der Waals surface area contributed by atoms with E-state index in [-0.39, 0.29) is 42.2 Å². The van der Waals surface area contributed by atoms with Crippen LogP contribution in [-0.4, -0.2) is 70.3 Å². The highest BCUT2D eigenvalue weighted by Crippen LogP contribution is 2.21. The van der Waals surface area contributed by atoms with Crippen molar-refractivity contribution in [3.8, 4) is 0 Å². The number of benzene rings is 1. The molecule has 9 heteroatoms. The number of carbonyl (C=O) groups excluding carboxylic acids is 1. The standard InChI is InChI=1S/C18H28FN5O2.HI/c1-4-20-18(22-13-17(25)23(2)3)21-12-14-5-6-16(15(19)11-14)24-7-9-26-10-8-24;/h5-6,11H,4,7-10,12-13H2,1-3H3,(H2,20,21,22);1H. The summed E-state index contributed by atoms with van der Waals surface area (Å²) in [6, 6.07) is 5.19. The van der Waals surface area contributed by atoms with Gasteiger partial charge in [-0.3, -0.25) is 4.79 Å². The molecule has 0 radical (unpaired) electrons. The average Bonchev–Trinajstić information content (AvgIpc) is 2.64. The number of nitrogens with zero attached hydrogens (tertiary/aromatic N) is 3. The molecule has 1 amide bonds. The quantitative estimate of drug-likeness (QED) is 0.357. The molecule has 0 saturated carbocycles. The SMILES string of the molecule is CCNC(=NCc1ccc(N2CCOCC2)c(F)c1)NCC(=O)N(C)C.I. The van der Waals surface area contributed by atoms with Crippen molar-refractivity contribution in [1.82, 2.24) is 15.5 Å². The first-order valence-electron chi connectivity index (χ1n) is 8.84. The fourth-order valence-electron chi connectivity index (χ4n) is 2.54. The van der Waals surface area contributed by atoms with Crippen LogP contribution in [0.4, 0.5) is 10.1 Å². The molecule has 152 valence electrons. The summed E-state index contributed by atoms with van der Waals surface area (Å²) in [6.45, 7) is 5.73. The van der Waals surface area contributed by atoms with Gasteiger partial charge in [-0.25, -0.2) is 9.38 Å². The smallest absolute Gasteiger partial charge is 0.241 e. The topological polar surface area (TPSA) is 69.2 Å². The summed E-state index contributed by atoms with van der Waals surface area (Å²) >= 11 is 0. The number of morpholine rings is 1. The normalized spacial score (nSPS) is 14.4. The summed E-state index contributed by atoms with van der Waals surface area (Å²) < 4.78 is 19.7. The Morgan fingerprint density at radius 1 is 1.30 bits per heavy atom. The second kappa shape index (κ2) is 12.0. The van der Waals surface area contributed by atoms with Crippen molar-refractivity contribution in [2.75, 3.05) is 58.4 Å². The third-order valence-electron chi connectivity index (χ3n) is 4.03. The van der Waals surface area contributed by atoms with Crippen molar-refractivity contribution in [3.05, 3.63) is 29.6 Å². The van der Waals surface area contributed by atoms with Crippen LogP contribution in [0.1, 0.15) is 12.5 Å². The molecule has 0 unspecified atom stereocenters. The summed E-state index contributed by atoms with van der Waals surface area (Å²) in [6.07, 6.45) is 0. The van der Waals surface area contributed by atoms with E-state index in [0.717, 1.165) is 5.56 Å². The number of nitrogens with one attached hydrogen (secondary N) is 2. The van der Waals surface area contributed by atoms with Crippen LogP contribution in [0.5, 0.6) is 0 Å². The molecule has 7 nitrogen and oxygen atoms in total. The molecule has 1 aliphatic heterocycles. The zero-order valence-corrected chi connectivity index (χ0v) is 18.5. The van der Waals surface area contributed by atoms with Crippen molar-refractivity contribution in [2.24, 2.45) is 4.99 Å². The van der Waals surface area contributed by atoms with Crippen LogP contribution in [-0.2, 0) is 16.1 Å². The van der Waals surface area contributed by atoms with Gasteiger partial charge in [-0.1, -0.05) is 6.07 Å². The summed E-state index contributed by atoms with van der Waals surface area (Å²) in [5.74, 6) is 0.234. The van der Waals surface area contributed by atoms with Crippen molar-refractivity contribution in [3.63, 3.8) is 0 Å². The Labute approximate surface area is 177 Å². The molecule has 1 fully saturated rings. The molecular weight excluding hydrogens is 464 g/mol. The van der Waals surface area contributed by atoms with Crippen molar-refractivity contribution >= 4 is 41.5 Å². The molecule has 0 spiro atoms. The maximum atomic E-state index is 14.4. The molecule has 2 rings (SSSR count). The lowest BCUT2D eigenvalue weighted by atomic mass is 10.1. The molecule has 1 heterocycles. The van der Waals surface area contributed by atoms with Gasteiger partial charge in [-0.05, 0) is 24.6 Å². The van der Waals surface area contributed by atoms with Crippen LogP contribution in [0, 0.1) is 5.82 Å². The van der Waals surface area contributed by atoms with E-state index in [1.807, 2.05) is 17.9 Å². The molecule has 27 heavy (non-hydrogen) atoms. The van der Waals surface area contributed by atoms with Crippen LogP contribution in [0.25, 0.3) is 0 Å². The molecule has 2 N–H and O–H groups in total. The van der Waals surface area contributed by atoms with Crippen LogP contribution in [0.3, 0.4) is 0 Å². The fraction of sp³-hybridized carbons (Fsp3) is 0.556. The van der Waals surface area contributed by atoms with Gasteiger partial charge in [0.05, 0.1) is 32.0 Å². The molecule has 1 aliphatic rings. The Morgan fingerprint density at radius 3 is 2.59 bits per heavy atom. The molecule has 0 aromatic heterocycles. The van der Waals surface area contributed by atoms with Gasteiger partial charge in [-0.15, -0.1) is 24.0 Å². The summed E-state index contributed by atoms with van der Waals surface area (Å²) in [5, 5.41) is 6.06. The van der Waals surface area contributed by atoms with Crippen molar-refractivity contribution in [2.45, 2.75) is 13.5 Å². The lowest BCUT2D eigenvalue weighted by Crippen LogP contribution is -2.42. The Balaban J connectivity index is 0.00000364. The first-order valence-corrected chi connectivity index (χ1v) is 8.84. The Kier molecular flexibility index (Phi) is 10.4. The monoisotopic (exact) mass is 493 g/mol. The maximum absolute atomic E-state index is 14.4. The number of hydrogen-bond acceptors (Lipinski definition) is 4. The number of rotatable bonds is 6. The van der Waals surface area contributed by atoms with Gasteiger partial charge in [0, 0.05) is 33.7 Å². The second-order valence-electron chi connectivity index (χ2n) is 6.22. The van der Waals surface area contributed by atoms with Crippen LogP contribution >= 0.6 is 24.0 Å².